The van der Waals surface area contributed by atoms with Gasteiger partial charge >= 0.3 is 5.97 Å². The summed E-state index contributed by atoms with van der Waals surface area (Å²) in [5.74, 6) is -2.96. The molecule has 1 aliphatic heterocycles. The van der Waals surface area contributed by atoms with E-state index in [2.05, 4.69) is 22.8 Å². The van der Waals surface area contributed by atoms with Gasteiger partial charge in [0.2, 0.25) is 17.5 Å². The number of aliphatic hydroxyl groups is 3. The number of ether oxygens (including phenoxy) is 2. The number of nitrogens with two attached hydrogens (primary N) is 1. The number of benzene rings is 3. The molecule has 0 bridgehead atoms. The number of phenolic OH excluding ortho intramolecular Hbond substituents is 1. The molecule has 5 rings (SSSR count). The zero-order valence-corrected chi connectivity index (χ0v) is 28.5. The van der Waals surface area contributed by atoms with Crippen LogP contribution in [0.4, 0.5) is 0 Å². The van der Waals surface area contributed by atoms with E-state index in [0.29, 0.717) is 13.0 Å². The van der Waals surface area contributed by atoms with Gasteiger partial charge in [0.05, 0.1) is 10.9 Å². The molecule has 3 aromatic carbocycles. The molecular formula is C38H43N3O11. The fraction of sp³-hybridized carbons (Fsp3) is 0.342. The first-order valence-corrected chi connectivity index (χ1v) is 16.8. The number of allylic oxidation sites excluding steroid dienone is 1. The van der Waals surface area contributed by atoms with Crippen LogP contribution in [0.1, 0.15) is 35.4 Å². The first-order chi connectivity index (χ1) is 24.9. The predicted molar refractivity (Wildman–Crippen MR) is 192 cm³/mol. The maximum absolute atomic E-state index is 13.5. The molecule has 4 aromatic rings. The molecule has 276 valence electrons. The normalized spacial score (nSPS) is 22.4. The van der Waals surface area contributed by atoms with Crippen molar-refractivity contribution in [1.29, 1.82) is 0 Å². The number of carboxylic acids is 1. The van der Waals surface area contributed by atoms with Gasteiger partial charge in [-0.15, -0.1) is 0 Å². The molecule has 2 heterocycles. The third kappa shape index (κ3) is 8.67. The lowest BCUT2D eigenvalue weighted by Crippen LogP contribution is -2.71. The van der Waals surface area contributed by atoms with Crippen molar-refractivity contribution in [3.05, 3.63) is 100 Å². The molecule has 52 heavy (non-hydrogen) atoms. The van der Waals surface area contributed by atoms with Crippen LogP contribution in [-0.4, -0.2) is 94.3 Å². The molecule has 14 nitrogen and oxygen atoms in total. The largest absolute Gasteiger partial charge is 0.508 e. The van der Waals surface area contributed by atoms with Crippen LogP contribution in [0.25, 0.3) is 28.2 Å². The maximum atomic E-state index is 13.5. The van der Waals surface area contributed by atoms with E-state index in [0.717, 1.165) is 24.9 Å². The highest BCUT2D eigenvalue weighted by Gasteiger charge is 2.58. The molecule has 1 amide bonds. The number of carboxylic acid groups (broad SMARTS) is 1. The SMILES string of the molecule is CNCC[C@@H](C/C=C/c1ccccc1)CCNC[C@]1(O)[C@H](Oc2ccc3c(=O)c(-c4ccc(O)cc4)c(C(N)=O)oc3c2)O[C@H](C(=O)O)[C@@H](O)[C@@H]1O. The van der Waals surface area contributed by atoms with Crippen LogP contribution < -0.4 is 26.5 Å². The van der Waals surface area contributed by atoms with Gasteiger partial charge < -0.3 is 55.8 Å². The Labute approximate surface area is 299 Å². The van der Waals surface area contributed by atoms with Crippen LogP contribution in [-0.2, 0) is 9.53 Å². The van der Waals surface area contributed by atoms with Crippen LogP contribution in [0.5, 0.6) is 11.5 Å². The second-order valence-corrected chi connectivity index (χ2v) is 12.7. The zero-order chi connectivity index (χ0) is 37.4. The Bertz CT molecular complexity index is 1930. The van der Waals surface area contributed by atoms with Gasteiger partial charge in [-0.05, 0) is 80.7 Å². The number of rotatable bonds is 16. The van der Waals surface area contributed by atoms with E-state index < -0.39 is 53.3 Å². The number of aromatic hydroxyl groups is 1. The molecule has 0 spiro atoms. The first-order valence-electron chi connectivity index (χ1n) is 16.8. The van der Waals surface area contributed by atoms with Crippen molar-refractivity contribution in [2.75, 3.05) is 26.7 Å². The van der Waals surface area contributed by atoms with Crippen LogP contribution in [0, 0.1) is 5.92 Å². The smallest absolute Gasteiger partial charge is 0.335 e. The number of hydrogen-bond acceptors (Lipinski definition) is 12. The Hall–Kier alpha value is -5.09. The van der Waals surface area contributed by atoms with E-state index in [4.69, 9.17) is 19.6 Å². The number of hydrogen-bond donors (Lipinski definition) is 8. The molecule has 0 aliphatic carbocycles. The quantitative estimate of drug-likeness (QED) is 0.0778. The van der Waals surface area contributed by atoms with Crippen molar-refractivity contribution in [3.63, 3.8) is 0 Å². The minimum absolute atomic E-state index is 0.0345. The molecule has 1 aromatic heterocycles. The minimum atomic E-state index is -2.35. The number of carbonyl (C=O) groups is 2. The standard InChI is InChI=1S/C38H43N3O11/c1-40-18-16-23(9-5-8-22-6-3-2-4-7-22)17-19-41-21-38(49)34(45)31(44)33(36(47)48)52-37(38)50-26-14-15-27-28(20-26)51-32(35(39)46)29(30(27)43)24-10-12-25(42)13-11-24/h2-8,10-15,20,23,31,33-34,37,40-42,44-45,49H,9,16-19,21H2,1H3,(H2,39,46)(H,47,48)/b8-5+/t23-,31-,33+,34+,37-,38-/m1/s1. The second kappa shape index (κ2) is 17.0. The number of amides is 1. The highest BCUT2D eigenvalue weighted by molar-refractivity contribution is 5.99. The Balaban J connectivity index is 1.36. The van der Waals surface area contributed by atoms with Crippen molar-refractivity contribution in [2.24, 2.45) is 11.7 Å². The van der Waals surface area contributed by atoms with Gasteiger partial charge in [-0.1, -0.05) is 54.6 Å². The molecule has 14 heteroatoms. The summed E-state index contributed by atoms with van der Waals surface area (Å²) in [6.07, 6.45) is -1.25. The Morgan fingerprint density at radius 1 is 1.04 bits per heavy atom. The van der Waals surface area contributed by atoms with Gasteiger partial charge in [-0.3, -0.25) is 9.59 Å². The number of aliphatic carboxylic acids is 1. The van der Waals surface area contributed by atoms with E-state index in [1.807, 2.05) is 37.4 Å². The number of phenols is 1. The summed E-state index contributed by atoms with van der Waals surface area (Å²) in [5.41, 5.74) is 3.73. The summed E-state index contributed by atoms with van der Waals surface area (Å²) < 4.78 is 17.2. The molecule has 1 fully saturated rings. The Morgan fingerprint density at radius 2 is 1.75 bits per heavy atom. The molecule has 0 saturated carbocycles. The maximum Gasteiger partial charge on any atom is 0.335 e. The Morgan fingerprint density at radius 3 is 2.42 bits per heavy atom. The lowest BCUT2D eigenvalue weighted by molar-refractivity contribution is -0.311. The molecule has 6 atom stereocenters. The van der Waals surface area contributed by atoms with Gasteiger partial charge in [-0.2, -0.15) is 0 Å². The fourth-order valence-electron chi connectivity index (χ4n) is 6.17. The van der Waals surface area contributed by atoms with Gasteiger partial charge in [-0.25, -0.2) is 4.79 Å². The van der Waals surface area contributed by atoms with Crippen LogP contribution in [0.2, 0.25) is 0 Å². The predicted octanol–water partition coefficient (Wildman–Crippen LogP) is 2.21. The monoisotopic (exact) mass is 717 g/mol. The fourth-order valence-corrected chi connectivity index (χ4v) is 6.17. The molecule has 0 radical (unpaired) electrons. The van der Waals surface area contributed by atoms with Gasteiger partial charge in [0.25, 0.3) is 5.91 Å². The molecule has 0 unspecified atom stereocenters. The Kier molecular flexibility index (Phi) is 12.4. The summed E-state index contributed by atoms with van der Waals surface area (Å²) in [6, 6.07) is 19.3. The van der Waals surface area contributed by atoms with Crippen molar-refractivity contribution < 1.29 is 49.0 Å². The summed E-state index contributed by atoms with van der Waals surface area (Å²) in [7, 11) is 1.87. The summed E-state index contributed by atoms with van der Waals surface area (Å²) >= 11 is 0. The van der Waals surface area contributed by atoms with Crippen LogP contribution >= 0.6 is 0 Å². The van der Waals surface area contributed by atoms with Crippen molar-refractivity contribution in [1.82, 2.24) is 10.6 Å². The van der Waals surface area contributed by atoms with Crippen molar-refractivity contribution >= 4 is 28.9 Å². The summed E-state index contributed by atoms with van der Waals surface area (Å²) in [6.45, 7) is 0.837. The third-order valence-corrected chi connectivity index (χ3v) is 9.07. The average Bonchev–Trinajstić information content (AvgIpc) is 3.13. The number of fused-ring (bicyclic) bond motifs is 1. The average molecular weight is 718 g/mol. The van der Waals surface area contributed by atoms with Gasteiger partial charge in [0.1, 0.15) is 29.3 Å². The molecular weight excluding hydrogens is 674 g/mol. The lowest BCUT2D eigenvalue weighted by Gasteiger charge is -2.46. The molecule has 1 aliphatic rings. The van der Waals surface area contributed by atoms with Crippen molar-refractivity contribution in [3.8, 4) is 22.6 Å². The van der Waals surface area contributed by atoms with Crippen LogP contribution in [0.15, 0.2) is 88.1 Å². The van der Waals surface area contributed by atoms with E-state index in [1.165, 1.54) is 42.5 Å². The first kappa shape index (κ1) is 38.1. The topological polar surface area (TPSA) is 234 Å². The second-order valence-electron chi connectivity index (χ2n) is 12.7. The zero-order valence-electron chi connectivity index (χ0n) is 28.5. The summed E-state index contributed by atoms with van der Waals surface area (Å²) in [5, 5.41) is 59.1. The van der Waals surface area contributed by atoms with E-state index in [-0.39, 0.29) is 46.1 Å². The minimum Gasteiger partial charge on any atom is -0.508 e. The van der Waals surface area contributed by atoms with E-state index in [1.54, 1.807) is 0 Å². The number of nitrogens with one attached hydrogen (secondary N) is 2. The number of primary amides is 1. The lowest BCUT2D eigenvalue weighted by atomic mass is 9.86. The highest BCUT2D eigenvalue weighted by atomic mass is 16.7. The number of aliphatic hydroxyl groups excluding tert-OH is 2. The number of carbonyl (C=O) groups excluding carboxylic acids is 1. The van der Waals surface area contributed by atoms with E-state index >= 15 is 0 Å². The van der Waals surface area contributed by atoms with Gasteiger partial charge in [0, 0.05) is 12.6 Å². The molecule has 1 saturated heterocycles. The summed E-state index contributed by atoms with van der Waals surface area (Å²) in [4.78, 5) is 37.8. The van der Waals surface area contributed by atoms with Crippen molar-refractivity contribution in [2.45, 2.75) is 49.5 Å². The van der Waals surface area contributed by atoms with Gasteiger partial charge in [0.15, 0.2) is 11.7 Å². The van der Waals surface area contributed by atoms with Crippen LogP contribution in [0.3, 0.4) is 0 Å². The highest BCUT2D eigenvalue weighted by Crippen LogP contribution is 2.34. The van der Waals surface area contributed by atoms with E-state index in [9.17, 15) is 39.9 Å². The molecule has 9 N–H and O–H groups in total. The third-order valence-electron chi connectivity index (χ3n) is 9.07.